The fraction of sp³-hybridized carbons (Fsp3) is 0.192. The van der Waals surface area contributed by atoms with E-state index < -0.39 is 0 Å². The summed E-state index contributed by atoms with van der Waals surface area (Å²) in [7, 11) is 4.62. The van der Waals surface area contributed by atoms with E-state index in [-0.39, 0.29) is 18.0 Å². The smallest absolute Gasteiger partial charge is 0.265 e. The van der Waals surface area contributed by atoms with Crippen LogP contribution in [0.5, 0.6) is 17.2 Å². The van der Waals surface area contributed by atoms with E-state index >= 15 is 0 Å². The number of nitrogens with zero attached hydrogens (tertiary/aromatic N) is 2. The average Bonchev–Trinajstić information content (AvgIpc) is 2.86. The van der Waals surface area contributed by atoms with Gasteiger partial charge in [-0.25, -0.2) is 4.98 Å². The van der Waals surface area contributed by atoms with Gasteiger partial charge in [-0.2, -0.15) is 0 Å². The number of ether oxygens (including phenoxy) is 3. The lowest BCUT2D eigenvalue weighted by Gasteiger charge is -2.14. The van der Waals surface area contributed by atoms with Crippen molar-refractivity contribution in [2.75, 3.05) is 21.3 Å². The molecule has 0 aliphatic carbocycles. The van der Waals surface area contributed by atoms with Gasteiger partial charge in [0.15, 0.2) is 11.5 Å². The molecule has 0 fully saturated rings. The number of carbonyl (C=O) groups is 1. The molecular weight excluding hydrogens is 434 g/mol. The van der Waals surface area contributed by atoms with E-state index in [0.717, 1.165) is 5.56 Å². The number of benzene rings is 3. The van der Waals surface area contributed by atoms with E-state index in [0.29, 0.717) is 45.2 Å². The molecular formula is C26H25N3O5. The maximum Gasteiger partial charge on any atom is 0.265 e. The van der Waals surface area contributed by atoms with Gasteiger partial charge in [0, 0.05) is 12.1 Å². The molecule has 1 aromatic heterocycles. The molecule has 0 unspecified atom stereocenters. The van der Waals surface area contributed by atoms with Crippen LogP contribution >= 0.6 is 0 Å². The van der Waals surface area contributed by atoms with Crippen LogP contribution in [0.2, 0.25) is 0 Å². The maximum absolute atomic E-state index is 13.0. The molecule has 4 aromatic rings. The molecule has 1 amide bonds. The highest BCUT2D eigenvalue weighted by Gasteiger charge is 2.15. The summed E-state index contributed by atoms with van der Waals surface area (Å²) in [4.78, 5) is 30.2. The highest BCUT2D eigenvalue weighted by atomic mass is 16.5. The van der Waals surface area contributed by atoms with Gasteiger partial charge in [0.2, 0.25) is 5.75 Å². The van der Waals surface area contributed by atoms with Crippen molar-refractivity contribution in [2.24, 2.45) is 0 Å². The van der Waals surface area contributed by atoms with Crippen molar-refractivity contribution in [3.63, 3.8) is 0 Å². The standard InChI is InChI=1S/C26H25N3O5/c1-16-28-21-8-6-5-7-20(21)26(31)29(16)19-11-9-18(10-12-19)25(30)27-15-17-13-22(32-2)24(34-4)23(14-17)33-3/h5-14H,15H2,1-4H3,(H,27,30). The van der Waals surface area contributed by atoms with Gasteiger partial charge >= 0.3 is 0 Å². The van der Waals surface area contributed by atoms with E-state index in [1.54, 1.807) is 68.2 Å². The van der Waals surface area contributed by atoms with E-state index in [1.165, 1.54) is 7.11 Å². The number of aryl methyl sites for hydroxylation is 1. The molecule has 1 N–H and O–H groups in total. The lowest BCUT2D eigenvalue weighted by molar-refractivity contribution is 0.0951. The summed E-state index contributed by atoms with van der Waals surface area (Å²) in [6.45, 7) is 2.05. The van der Waals surface area contributed by atoms with Gasteiger partial charge in [-0.1, -0.05) is 12.1 Å². The summed E-state index contributed by atoms with van der Waals surface area (Å²) in [6.07, 6.45) is 0. The van der Waals surface area contributed by atoms with Gasteiger partial charge in [-0.05, 0) is 61.0 Å². The van der Waals surface area contributed by atoms with E-state index in [4.69, 9.17) is 14.2 Å². The van der Waals surface area contributed by atoms with Gasteiger partial charge in [-0.3, -0.25) is 14.2 Å². The molecule has 0 bridgehead atoms. The molecule has 1 heterocycles. The number of nitrogens with one attached hydrogen (secondary N) is 1. The van der Waals surface area contributed by atoms with Crippen molar-refractivity contribution < 1.29 is 19.0 Å². The number of rotatable bonds is 7. The minimum Gasteiger partial charge on any atom is -0.493 e. The number of carbonyl (C=O) groups excluding carboxylic acids is 1. The second kappa shape index (κ2) is 9.66. The summed E-state index contributed by atoms with van der Waals surface area (Å²) < 4.78 is 17.6. The summed E-state index contributed by atoms with van der Waals surface area (Å²) in [5.74, 6) is 1.84. The Labute approximate surface area is 196 Å². The molecule has 0 radical (unpaired) electrons. The van der Waals surface area contributed by atoms with Crippen LogP contribution in [0.15, 0.2) is 65.5 Å². The molecule has 0 saturated heterocycles. The van der Waals surface area contributed by atoms with Crippen LogP contribution in [0.1, 0.15) is 21.7 Å². The molecule has 174 valence electrons. The Morgan fingerprint density at radius 3 is 2.21 bits per heavy atom. The number of para-hydroxylation sites is 1. The Bertz CT molecular complexity index is 1390. The zero-order valence-electron chi connectivity index (χ0n) is 19.4. The number of amides is 1. The first-order valence-corrected chi connectivity index (χ1v) is 10.6. The van der Waals surface area contributed by atoms with Crippen LogP contribution in [0, 0.1) is 6.92 Å². The molecule has 0 atom stereocenters. The zero-order valence-corrected chi connectivity index (χ0v) is 19.4. The van der Waals surface area contributed by atoms with Gasteiger partial charge in [0.25, 0.3) is 11.5 Å². The Kier molecular flexibility index (Phi) is 6.49. The monoisotopic (exact) mass is 459 g/mol. The highest BCUT2D eigenvalue weighted by molar-refractivity contribution is 5.94. The van der Waals surface area contributed by atoms with E-state index in [1.807, 2.05) is 18.2 Å². The number of hydrogen-bond donors (Lipinski definition) is 1. The molecule has 0 aliphatic heterocycles. The van der Waals surface area contributed by atoms with Crippen molar-refractivity contribution >= 4 is 16.8 Å². The Balaban J connectivity index is 1.54. The minimum absolute atomic E-state index is 0.150. The molecule has 3 aromatic carbocycles. The molecule has 8 heteroatoms. The van der Waals surface area contributed by atoms with E-state index in [9.17, 15) is 9.59 Å². The molecule has 0 aliphatic rings. The third-order valence-corrected chi connectivity index (χ3v) is 5.51. The summed E-state index contributed by atoms with van der Waals surface area (Å²) in [5.41, 5.74) is 2.41. The van der Waals surface area contributed by atoms with Crippen LogP contribution in [0.4, 0.5) is 0 Å². The minimum atomic E-state index is -0.249. The summed E-state index contributed by atoms with van der Waals surface area (Å²) in [6, 6.07) is 17.6. The second-order valence-corrected chi connectivity index (χ2v) is 7.58. The van der Waals surface area contributed by atoms with Crippen molar-refractivity contribution in [3.8, 4) is 22.9 Å². The molecule has 0 saturated carbocycles. The predicted octanol–water partition coefficient (Wildman–Crippen LogP) is 3.65. The van der Waals surface area contributed by atoms with Gasteiger partial charge in [-0.15, -0.1) is 0 Å². The number of hydrogen-bond acceptors (Lipinski definition) is 6. The normalized spacial score (nSPS) is 10.7. The van der Waals surface area contributed by atoms with Crippen molar-refractivity contribution in [1.82, 2.24) is 14.9 Å². The summed E-state index contributed by atoms with van der Waals surface area (Å²) in [5, 5.41) is 3.43. The van der Waals surface area contributed by atoms with Crippen LogP contribution in [-0.4, -0.2) is 36.8 Å². The third kappa shape index (κ3) is 4.30. The Morgan fingerprint density at radius 1 is 0.941 bits per heavy atom. The number of methoxy groups -OCH3 is 3. The van der Waals surface area contributed by atoms with Crippen LogP contribution in [0.25, 0.3) is 16.6 Å². The van der Waals surface area contributed by atoms with Gasteiger partial charge < -0.3 is 19.5 Å². The van der Waals surface area contributed by atoms with E-state index in [2.05, 4.69) is 10.3 Å². The van der Waals surface area contributed by atoms with Gasteiger partial charge in [0.05, 0.1) is 37.9 Å². The maximum atomic E-state index is 13.0. The first-order valence-electron chi connectivity index (χ1n) is 10.6. The Morgan fingerprint density at radius 2 is 1.59 bits per heavy atom. The Hall–Kier alpha value is -4.33. The fourth-order valence-corrected chi connectivity index (χ4v) is 3.83. The zero-order chi connectivity index (χ0) is 24.2. The van der Waals surface area contributed by atoms with Crippen molar-refractivity contribution in [1.29, 1.82) is 0 Å². The SMILES string of the molecule is COc1cc(CNC(=O)c2ccc(-n3c(C)nc4ccccc4c3=O)cc2)cc(OC)c1OC. The van der Waals surface area contributed by atoms with Crippen LogP contribution in [-0.2, 0) is 6.54 Å². The largest absolute Gasteiger partial charge is 0.493 e. The average molecular weight is 460 g/mol. The summed E-state index contributed by atoms with van der Waals surface area (Å²) >= 11 is 0. The third-order valence-electron chi connectivity index (χ3n) is 5.51. The van der Waals surface area contributed by atoms with Crippen molar-refractivity contribution in [2.45, 2.75) is 13.5 Å². The fourth-order valence-electron chi connectivity index (χ4n) is 3.83. The lowest BCUT2D eigenvalue weighted by Crippen LogP contribution is -2.24. The van der Waals surface area contributed by atoms with Crippen LogP contribution in [0.3, 0.4) is 0 Å². The topological polar surface area (TPSA) is 91.7 Å². The molecule has 8 nitrogen and oxygen atoms in total. The van der Waals surface area contributed by atoms with Gasteiger partial charge in [0.1, 0.15) is 5.82 Å². The molecule has 4 rings (SSSR count). The lowest BCUT2D eigenvalue weighted by atomic mass is 10.1. The second-order valence-electron chi connectivity index (χ2n) is 7.58. The molecule has 0 spiro atoms. The molecule has 34 heavy (non-hydrogen) atoms. The predicted molar refractivity (Wildman–Crippen MR) is 129 cm³/mol. The highest BCUT2D eigenvalue weighted by Crippen LogP contribution is 2.38. The first kappa shape index (κ1) is 22.8. The van der Waals surface area contributed by atoms with Crippen LogP contribution < -0.4 is 25.1 Å². The van der Waals surface area contributed by atoms with Crippen molar-refractivity contribution in [3.05, 3.63) is 88.0 Å². The number of fused-ring (bicyclic) bond motifs is 1. The number of aromatic nitrogens is 2. The quantitative estimate of drug-likeness (QED) is 0.454. The first-order chi connectivity index (χ1) is 16.5.